The van der Waals surface area contributed by atoms with Gasteiger partial charge < -0.3 is 19.4 Å². The fourth-order valence-electron chi connectivity index (χ4n) is 3.77. The molecule has 146 valence electrons. The molecule has 0 radical (unpaired) electrons. The lowest BCUT2D eigenvalue weighted by atomic mass is 10.0. The molecule has 4 aromatic rings. The van der Waals surface area contributed by atoms with E-state index in [0.29, 0.717) is 46.6 Å². The van der Waals surface area contributed by atoms with Crippen LogP contribution in [-0.4, -0.2) is 26.6 Å². The third kappa shape index (κ3) is 3.13. The van der Waals surface area contributed by atoms with Gasteiger partial charge in [-0.25, -0.2) is 4.98 Å². The number of pyridine rings is 2. The molecular weight excluding hydrogens is 392 g/mol. The van der Waals surface area contributed by atoms with E-state index in [9.17, 15) is 9.90 Å². The van der Waals surface area contributed by atoms with Gasteiger partial charge in [0.05, 0.1) is 5.69 Å². The Labute approximate surface area is 170 Å². The van der Waals surface area contributed by atoms with Crippen LogP contribution >= 0.6 is 11.6 Å². The van der Waals surface area contributed by atoms with E-state index in [4.69, 9.17) is 16.0 Å². The lowest BCUT2D eigenvalue weighted by Gasteiger charge is -2.26. The number of aromatic nitrogens is 3. The molecule has 4 heterocycles. The molecule has 0 unspecified atom stereocenters. The number of nitrogens with zero attached hydrogens (tertiary/aromatic N) is 3. The number of aromatic hydroxyl groups is 1. The van der Waals surface area contributed by atoms with Gasteiger partial charge in [0.25, 0.3) is 6.01 Å². The largest absolute Gasteiger partial charge is 0.507 e. The maximum Gasteiger partial charge on any atom is 0.300 e. The van der Waals surface area contributed by atoms with Crippen molar-refractivity contribution in [2.75, 3.05) is 11.4 Å². The zero-order valence-corrected chi connectivity index (χ0v) is 16.3. The highest BCUT2D eigenvalue weighted by Gasteiger charge is 2.22. The molecule has 0 saturated carbocycles. The fraction of sp³-hybridized carbons (Fsp3) is 0.190. The van der Waals surface area contributed by atoms with Crippen LogP contribution in [0.15, 0.2) is 45.7 Å². The summed E-state index contributed by atoms with van der Waals surface area (Å²) in [6.07, 6.45) is 2.49. The molecule has 2 N–H and O–H groups in total. The molecule has 0 spiro atoms. The van der Waals surface area contributed by atoms with E-state index in [2.05, 4.69) is 15.0 Å². The number of oxazole rings is 1. The maximum absolute atomic E-state index is 11.5. The summed E-state index contributed by atoms with van der Waals surface area (Å²) in [5, 5.41) is 10.8. The highest BCUT2D eigenvalue weighted by atomic mass is 35.5. The number of hydrogen-bond donors (Lipinski definition) is 2. The fourth-order valence-corrected chi connectivity index (χ4v) is 4.03. The minimum Gasteiger partial charge on any atom is -0.507 e. The summed E-state index contributed by atoms with van der Waals surface area (Å²) in [6.45, 7) is 3.17. The molecule has 0 aliphatic carbocycles. The van der Waals surface area contributed by atoms with Crippen molar-refractivity contribution in [1.82, 2.24) is 15.0 Å². The minimum absolute atomic E-state index is 0.0761. The van der Waals surface area contributed by atoms with Crippen LogP contribution < -0.4 is 10.5 Å². The van der Waals surface area contributed by atoms with Crippen molar-refractivity contribution in [2.24, 2.45) is 0 Å². The molecule has 29 heavy (non-hydrogen) atoms. The molecule has 0 atom stereocenters. The van der Waals surface area contributed by atoms with Crippen LogP contribution in [0.3, 0.4) is 0 Å². The van der Waals surface area contributed by atoms with E-state index < -0.39 is 0 Å². The molecule has 0 fully saturated rings. The van der Waals surface area contributed by atoms with Crippen LogP contribution in [-0.2, 0) is 13.0 Å². The summed E-state index contributed by atoms with van der Waals surface area (Å²) in [6, 6.07) is 9.01. The highest BCUT2D eigenvalue weighted by Crippen LogP contribution is 2.35. The van der Waals surface area contributed by atoms with Crippen molar-refractivity contribution >= 4 is 28.8 Å². The smallest absolute Gasteiger partial charge is 0.300 e. The van der Waals surface area contributed by atoms with E-state index in [1.54, 1.807) is 30.5 Å². The number of anilines is 1. The van der Waals surface area contributed by atoms with E-state index in [1.165, 1.54) is 6.07 Å². The third-order valence-corrected chi connectivity index (χ3v) is 5.39. The predicted octanol–water partition coefficient (Wildman–Crippen LogP) is 3.81. The lowest BCUT2D eigenvalue weighted by molar-refractivity contribution is 0.477. The molecule has 8 heteroatoms. The van der Waals surface area contributed by atoms with Gasteiger partial charge in [-0.05, 0) is 54.3 Å². The second kappa shape index (κ2) is 6.63. The zero-order valence-electron chi connectivity index (χ0n) is 15.6. The Morgan fingerprint density at radius 3 is 2.90 bits per heavy atom. The summed E-state index contributed by atoms with van der Waals surface area (Å²) in [5.74, 6) is 0.0761. The van der Waals surface area contributed by atoms with E-state index in [0.717, 1.165) is 23.1 Å². The first-order chi connectivity index (χ1) is 14.0. The second-order valence-electron chi connectivity index (χ2n) is 7.15. The van der Waals surface area contributed by atoms with Gasteiger partial charge in [0.2, 0.25) is 11.2 Å². The number of aryl methyl sites for hydroxylation is 1. The average Bonchev–Trinajstić information content (AvgIpc) is 3.10. The van der Waals surface area contributed by atoms with E-state index in [-0.39, 0.29) is 11.3 Å². The number of H-pyrrole nitrogens is 1. The van der Waals surface area contributed by atoms with Crippen molar-refractivity contribution in [1.29, 1.82) is 0 Å². The molecule has 5 rings (SSSR count). The quantitative estimate of drug-likeness (QED) is 0.523. The number of halogens is 1. The van der Waals surface area contributed by atoms with Crippen LogP contribution in [0, 0.1) is 6.92 Å². The van der Waals surface area contributed by atoms with Gasteiger partial charge in [-0.3, -0.25) is 4.79 Å². The number of phenols is 1. The van der Waals surface area contributed by atoms with Crippen molar-refractivity contribution < 1.29 is 9.52 Å². The molecule has 0 amide bonds. The van der Waals surface area contributed by atoms with Crippen LogP contribution in [0.5, 0.6) is 5.75 Å². The van der Waals surface area contributed by atoms with Gasteiger partial charge in [0.15, 0.2) is 5.58 Å². The number of benzene rings is 1. The van der Waals surface area contributed by atoms with Crippen molar-refractivity contribution in [3.8, 4) is 17.0 Å². The molecule has 3 aromatic heterocycles. The van der Waals surface area contributed by atoms with Gasteiger partial charge in [-0.15, -0.1) is 0 Å². The first kappa shape index (κ1) is 17.8. The summed E-state index contributed by atoms with van der Waals surface area (Å²) in [7, 11) is 0. The average molecular weight is 409 g/mol. The van der Waals surface area contributed by atoms with E-state index in [1.807, 2.05) is 11.8 Å². The molecular formula is C21H17ClN4O3. The molecule has 0 saturated heterocycles. The maximum atomic E-state index is 11.5. The molecule has 7 nitrogen and oxygen atoms in total. The van der Waals surface area contributed by atoms with Crippen molar-refractivity contribution in [3.05, 3.63) is 68.6 Å². The zero-order chi connectivity index (χ0) is 20.1. The Kier molecular flexibility index (Phi) is 4.06. The molecule has 1 aliphatic rings. The van der Waals surface area contributed by atoms with Gasteiger partial charge in [0.1, 0.15) is 5.75 Å². The van der Waals surface area contributed by atoms with Crippen LogP contribution in [0.2, 0.25) is 5.02 Å². The minimum atomic E-state index is -0.0865. The monoisotopic (exact) mass is 408 g/mol. The first-order valence-electron chi connectivity index (χ1n) is 9.20. The molecule has 0 bridgehead atoms. The van der Waals surface area contributed by atoms with Crippen LogP contribution in [0.1, 0.15) is 16.7 Å². The van der Waals surface area contributed by atoms with Crippen LogP contribution in [0.25, 0.3) is 22.5 Å². The summed E-state index contributed by atoms with van der Waals surface area (Å²) in [4.78, 5) is 25.4. The Bertz CT molecular complexity index is 1290. The van der Waals surface area contributed by atoms with Crippen molar-refractivity contribution in [3.63, 3.8) is 0 Å². The van der Waals surface area contributed by atoms with Gasteiger partial charge in [-0.2, -0.15) is 4.98 Å². The second-order valence-corrected chi connectivity index (χ2v) is 7.59. The summed E-state index contributed by atoms with van der Waals surface area (Å²) in [5.41, 5.74) is 5.11. The number of nitrogens with one attached hydrogen (secondary N) is 1. The topological polar surface area (TPSA) is 95.2 Å². The Morgan fingerprint density at radius 1 is 1.21 bits per heavy atom. The molecule has 1 aliphatic heterocycles. The number of rotatable bonds is 2. The van der Waals surface area contributed by atoms with Crippen molar-refractivity contribution in [2.45, 2.75) is 19.9 Å². The predicted molar refractivity (Wildman–Crippen MR) is 110 cm³/mol. The Morgan fingerprint density at radius 2 is 2.07 bits per heavy atom. The Hall–Kier alpha value is -3.32. The van der Waals surface area contributed by atoms with Crippen LogP contribution in [0.4, 0.5) is 6.01 Å². The summed E-state index contributed by atoms with van der Waals surface area (Å²) >= 11 is 6.01. The number of phenolic OH excluding ortho intramolecular Hbond substituents is 1. The third-order valence-electron chi connectivity index (χ3n) is 5.17. The normalized spacial score (nSPS) is 13.7. The Balaban J connectivity index is 1.51. The lowest BCUT2D eigenvalue weighted by Crippen LogP contribution is -2.31. The molecule has 1 aromatic carbocycles. The number of hydrogen-bond acceptors (Lipinski definition) is 6. The standard InChI is InChI=1S/C21H17ClN4O3/c1-11-6-14(22)8-16(27)19(11)15-2-3-17-20(24-15)25-21(29-17)26-5-4-12-7-18(28)23-9-13(12)10-26/h2-3,6-9,27H,4-5,10H2,1H3,(H,23,28). The number of aromatic amines is 1. The van der Waals surface area contributed by atoms with E-state index >= 15 is 0 Å². The SMILES string of the molecule is Cc1cc(Cl)cc(O)c1-c1ccc2oc(N3CCc4cc(=O)[nH]cc4C3)nc2n1. The first-order valence-corrected chi connectivity index (χ1v) is 9.58. The summed E-state index contributed by atoms with van der Waals surface area (Å²) < 4.78 is 5.91. The number of fused-ring (bicyclic) bond motifs is 2. The van der Waals surface area contributed by atoms with Gasteiger partial charge >= 0.3 is 0 Å². The van der Waals surface area contributed by atoms with Gasteiger partial charge in [0, 0.05) is 35.9 Å². The highest BCUT2D eigenvalue weighted by molar-refractivity contribution is 6.31. The van der Waals surface area contributed by atoms with Gasteiger partial charge in [-0.1, -0.05) is 11.6 Å².